The summed E-state index contributed by atoms with van der Waals surface area (Å²) in [7, 11) is 0. The summed E-state index contributed by atoms with van der Waals surface area (Å²) >= 11 is 0. The van der Waals surface area contributed by atoms with Crippen molar-refractivity contribution in [3.8, 4) is 0 Å². The third-order valence-corrected chi connectivity index (χ3v) is 2.22. The van der Waals surface area contributed by atoms with Gasteiger partial charge in [0.2, 0.25) is 5.91 Å². The maximum atomic E-state index is 11.3. The maximum absolute atomic E-state index is 11.3. The van der Waals surface area contributed by atoms with Crippen molar-refractivity contribution in [1.82, 2.24) is 5.32 Å². The lowest BCUT2D eigenvalue weighted by Crippen LogP contribution is -2.33. The summed E-state index contributed by atoms with van der Waals surface area (Å²) in [5, 5.41) is 2.66. The number of nitrogens with two attached hydrogens (primary N) is 1. The first-order chi connectivity index (χ1) is 7.72. The Morgan fingerprint density at radius 2 is 1.88 bits per heavy atom. The van der Waals surface area contributed by atoms with Gasteiger partial charge in [0.25, 0.3) is 0 Å². The van der Waals surface area contributed by atoms with Gasteiger partial charge in [-0.25, -0.2) is 4.79 Å². The van der Waals surface area contributed by atoms with Crippen molar-refractivity contribution in [1.29, 1.82) is 0 Å². The molecule has 5 heteroatoms. The van der Waals surface area contributed by atoms with Gasteiger partial charge in [0.15, 0.2) is 0 Å². The van der Waals surface area contributed by atoms with Crippen LogP contribution in [0.2, 0.25) is 0 Å². The van der Waals surface area contributed by atoms with Crippen molar-refractivity contribution in [2.45, 2.75) is 52.6 Å². The predicted octanol–water partition coefficient (Wildman–Crippen LogP) is 1.80. The minimum Gasteiger partial charge on any atom is -0.444 e. The highest BCUT2D eigenvalue weighted by molar-refractivity contribution is 5.76. The molecule has 100 valence electrons. The largest absolute Gasteiger partial charge is 0.444 e. The second kappa shape index (κ2) is 7.14. The standard InChI is InChI=1S/C12H24N2O3/c1-9(10(13)15)7-5-6-8-14-11(16)17-12(2,3)4/h9H,5-8H2,1-4H3,(H2,13,15)(H,14,16)/t9-/m0/s1. The van der Waals surface area contributed by atoms with E-state index in [-0.39, 0.29) is 11.8 Å². The number of amides is 2. The van der Waals surface area contributed by atoms with Crippen LogP contribution in [0.5, 0.6) is 0 Å². The molecule has 0 heterocycles. The van der Waals surface area contributed by atoms with Gasteiger partial charge >= 0.3 is 6.09 Å². The van der Waals surface area contributed by atoms with Crippen LogP contribution in [0.25, 0.3) is 0 Å². The lowest BCUT2D eigenvalue weighted by atomic mass is 10.0. The summed E-state index contributed by atoms with van der Waals surface area (Å²) in [5.41, 5.74) is 4.67. The molecule has 17 heavy (non-hydrogen) atoms. The average Bonchev–Trinajstić information content (AvgIpc) is 2.13. The van der Waals surface area contributed by atoms with Gasteiger partial charge in [0.1, 0.15) is 5.60 Å². The van der Waals surface area contributed by atoms with Gasteiger partial charge in [0.05, 0.1) is 0 Å². The van der Waals surface area contributed by atoms with Gasteiger partial charge in [-0.2, -0.15) is 0 Å². The molecule has 0 aromatic heterocycles. The molecule has 0 aromatic carbocycles. The fourth-order valence-electron chi connectivity index (χ4n) is 1.22. The quantitative estimate of drug-likeness (QED) is 0.699. The van der Waals surface area contributed by atoms with Crippen LogP contribution in [0, 0.1) is 5.92 Å². The Morgan fingerprint density at radius 3 is 2.35 bits per heavy atom. The zero-order valence-corrected chi connectivity index (χ0v) is 11.2. The van der Waals surface area contributed by atoms with Gasteiger partial charge in [-0.1, -0.05) is 13.3 Å². The molecule has 0 saturated heterocycles. The van der Waals surface area contributed by atoms with E-state index in [0.717, 1.165) is 19.3 Å². The van der Waals surface area contributed by atoms with Crippen molar-refractivity contribution in [3.05, 3.63) is 0 Å². The number of ether oxygens (including phenoxy) is 1. The Kier molecular flexibility index (Phi) is 6.61. The van der Waals surface area contributed by atoms with Crippen LogP contribution in [-0.2, 0) is 9.53 Å². The highest BCUT2D eigenvalue weighted by Gasteiger charge is 2.15. The average molecular weight is 244 g/mol. The summed E-state index contributed by atoms with van der Waals surface area (Å²) in [6.45, 7) is 7.83. The molecule has 0 saturated carbocycles. The van der Waals surface area contributed by atoms with Crippen molar-refractivity contribution in [2.24, 2.45) is 11.7 Å². The molecule has 0 fully saturated rings. The molecule has 0 aliphatic rings. The first-order valence-corrected chi connectivity index (χ1v) is 5.98. The normalized spacial score (nSPS) is 12.9. The first-order valence-electron chi connectivity index (χ1n) is 5.98. The Labute approximate surface area is 103 Å². The van der Waals surface area contributed by atoms with E-state index in [2.05, 4.69) is 5.32 Å². The minimum absolute atomic E-state index is 0.100. The molecular weight excluding hydrogens is 220 g/mol. The second-order valence-electron chi connectivity index (χ2n) is 5.23. The van der Waals surface area contributed by atoms with Gasteiger partial charge < -0.3 is 15.8 Å². The third kappa shape index (κ3) is 9.66. The first kappa shape index (κ1) is 15.7. The van der Waals surface area contributed by atoms with Crippen LogP contribution in [0.1, 0.15) is 47.0 Å². The predicted molar refractivity (Wildman–Crippen MR) is 66.4 cm³/mol. The highest BCUT2D eigenvalue weighted by Crippen LogP contribution is 2.08. The Balaban J connectivity index is 3.52. The summed E-state index contributed by atoms with van der Waals surface area (Å²) in [6, 6.07) is 0. The number of hydrogen-bond acceptors (Lipinski definition) is 3. The van der Waals surface area contributed by atoms with Crippen LogP contribution < -0.4 is 11.1 Å². The minimum atomic E-state index is -0.468. The fraction of sp³-hybridized carbons (Fsp3) is 0.833. The number of alkyl carbamates (subject to hydrolysis) is 1. The van der Waals surface area contributed by atoms with Crippen molar-refractivity contribution < 1.29 is 14.3 Å². The summed E-state index contributed by atoms with van der Waals surface area (Å²) < 4.78 is 5.08. The van der Waals surface area contributed by atoms with Gasteiger partial charge in [0, 0.05) is 12.5 Å². The van der Waals surface area contributed by atoms with Crippen LogP contribution in [-0.4, -0.2) is 24.1 Å². The number of carbonyl (C=O) groups excluding carboxylic acids is 2. The molecule has 0 spiro atoms. The fourth-order valence-corrected chi connectivity index (χ4v) is 1.22. The molecule has 0 aromatic rings. The molecule has 2 amide bonds. The number of rotatable bonds is 6. The van der Waals surface area contributed by atoms with Gasteiger partial charge in [-0.15, -0.1) is 0 Å². The van der Waals surface area contributed by atoms with Crippen LogP contribution in [0.3, 0.4) is 0 Å². The van der Waals surface area contributed by atoms with Gasteiger partial charge in [-0.05, 0) is 33.6 Å². The number of carbonyl (C=O) groups is 2. The van der Waals surface area contributed by atoms with E-state index in [9.17, 15) is 9.59 Å². The van der Waals surface area contributed by atoms with Crippen molar-refractivity contribution in [3.63, 3.8) is 0 Å². The van der Waals surface area contributed by atoms with Crippen molar-refractivity contribution >= 4 is 12.0 Å². The highest BCUT2D eigenvalue weighted by atomic mass is 16.6. The molecule has 0 radical (unpaired) electrons. The lowest BCUT2D eigenvalue weighted by molar-refractivity contribution is -0.121. The summed E-state index contributed by atoms with van der Waals surface area (Å²) in [6.07, 6.45) is 2.03. The second-order valence-corrected chi connectivity index (χ2v) is 5.23. The third-order valence-electron chi connectivity index (χ3n) is 2.22. The number of nitrogens with one attached hydrogen (secondary N) is 1. The molecule has 0 unspecified atom stereocenters. The van der Waals surface area contributed by atoms with E-state index < -0.39 is 11.7 Å². The van der Waals surface area contributed by atoms with Crippen LogP contribution in [0.4, 0.5) is 4.79 Å². The zero-order chi connectivity index (χ0) is 13.5. The van der Waals surface area contributed by atoms with E-state index >= 15 is 0 Å². The van der Waals surface area contributed by atoms with E-state index in [0.29, 0.717) is 6.54 Å². The smallest absolute Gasteiger partial charge is 0.407 e. The molecule has 0 rings (SSSR count). The van der Waals surface area contributed by atoms with E-state index in [1.807, 2.05) is 27.7 Å². The van der Waals surface area contributed by atoms with Crippen LogP contribution in [0.15, 0.2) is 0 Å². The number of primary amides is 1. The molecule has 0 aliphatic carbocycles. The number of hydrogen-bond donors (Lipinski definition) is 2. The molecule has 3 N–H and O–H groups in total. The molecule has 5 nitrogen and oxygen atoms in total. The topological polar surface area (TPSA) is 81.4 Å². The zero-order valence-electron chi connectivity index (χ0n) is 11.2. The summed E-state index contributed by atoms with van der Waals surface area (Å²) in [5.74, 6) is -0.373. The maximum Gasteiger partial charge on any atom is 0.407 e. The van der Waals surface area contributed by atoms with Gasteiger partial charge in [-0.3, -0.25) is 4.79 Å². The molecule has 0 aliphatic heterocycles. The summed E-state index contributed by atoms with van der Waals surface area (Å²) in [4.78, 5) is 22.0. The Morgan fingerprint density at radius 1 is 1.29 bits per heavy atom. The SMILES string of the molecule is C[C@@H](CCCCNC(=O)OC(C)(C)C)C(N)=O. The molecule has 0 bridgehead atoms. The van der Waals surface area contributed by atoms with E-state index in [1.54, 1.807) is 0 Å². The Bertz CT molecular complexity index is 259. The number of unbranched alkanes of at least 4 members (excludes halogenated alkanes) is 1. The van der Waals surface area contributed by atoms with E-state index in [1.165, 1.54) is 0 Å². The van der Waals surface area contributed by atoms with Crippen molar-refractivity contribution in [2.75, 3.05) is 6.54 Å². The molecular formula is C12H24N2O3. The monoisotopic (exact) mass is 244 g/mol. The Hall–Kier alpha value is -1.26. The van der Waals surface area contributed by atoms with E-state index in [4.69, 9.17) is 10.5 Å². The van der Waals surface area contributed by atoms with Crippen LogP contribution >= 0.6 is 0 Å². The lowest BCUT2D eigenvalue weighted by Gasteiger charge is -2.19. The molecule has 1 atom stereocenters.